The highest BCUT2D eigenvalue weighted by Gasteiger charge is 2.33. The Bertz CT molecular complexity index is 955. The van der Waals surface area contributed by atoms with Crippen LogP contribution in [0, 0.1) is 11.7 Å². The number of benzene rings is 2. The summed E-state index contributed by atoms with van der Waals surface area (Å²) >= 11 is 0. The molecule has 1 N–H and O–H groups in total. The van der Waals surface area contributed by atoms with Crippen LogP contribution in [0.4, 0.5) is 4.39 Å². The minimum atomic E-state index is -3.89. The van der Waals surface area contributed by atoms with Gasteiger partial charge in [-0.05, 0) is 49.1 Å². The van der Waals surface area contributed by atoms with E-state index in [0.29, 0.717) is 26.0 Å². The zero-order chi connectivity index (χ0) is 21.6. The number of ether oxygens (including phenoxy) is 1. The third kappa shape index (κ3) is 5.37. The molecule has 0 bridgehead atoms. The van der Waals surface area contributed by atoms with Crippen molar-refractivity contribution in [3.05, 3.63) is 59.9 Å². The van der Waals surface area contributed by atoms with Crippen LogP contribution in [-0.2, 0) is 21.4 Å². The van der Waals surface area contributed by atoms with Gasteiger partial charge in [0.25, 0.3) is 0 Å². The van der Waals surface area contributed by atoms with Gasteiger partial charge >= 0.3 is 0 Å². The average molecular weight is 435 g/mol. The SMILES string of the molecule is CCCOc1ccc(CNC(=O)C2CCN(S(=O)(=O)c3ccccc3F)CC2)cc1. The van der Waals surface area contributed by atoms with Crippen molar-refractivity contribution in [1.82, 2.24) is 9.62 Å². The van der Waals surface area contributed by atoms with Crippen molar-refractivity contribution in [3.8, 4) is 5.75 Å². The first-order valence-corrected chi connectivity index (χ1v) is 11.6. The summed E-state index contributed by atoms with van der Waals surface area (Å²) in [6.07, 6.45) is 1.75. The van der Waals surface area contributed by atoms with Crippen LogP contribution in [0.25, 0.3) is 0 Å². The number of halogens is 1. The van der Waals surface area contributed by atoms with Gasteiger partial charge in [-0.25, -0.2) is 12.8 Å². The predicted octanol–water partition coefficient (Wildman–Crippen LogP) is 3.33. The Morgan fingerprint density at radius 3 is 2.43 bits per heavy atom. The molecule has 1 saturated heterocycles. The van der Waals surface area contributed by atoms with Gasteiger partial charge in [-0.1, -0.05) is 31.2 Å². The Labute approximate surface area is 177 Å². The van der Waals surface area contributed by atoms with Crippen molar-refractivity contribution in [2.24, 2.45) is 5.92 Å². The summed E-state index contributed by atoms with van der Waals surface area (Å²) in [6, 6.07) is 12.9. The zero-order valence-corrected chi connectivity index (χ0v) is 17.8. The molecule has 8 heteroatoms. The molecule has 1 amide bonds. The second kappa shape index (κ2) is 10.0. The first-order valence-electron chi connectivity index (χ1n) is 10.2. The summed E-state index contributed by atoms with van der Waals surface area (Å²) in [5.41, 5.74) is 0.965. The zero-order valence-electron chi connectivity index (χ0n) is 17.0. The van der Waals surface area contributed by atoms with E-state index in [1.165, 1.54) is 22.5 Å². The maximum atomic E-state index is 13.9. The monoisotopic (exact) mass is 434 g/mol. The Morgan fingerprint density at radius 1 is 1.13 bits per heavy atom. The van der Waals surface area contributed by atoms with Gasteiger partial charge in [0.05, 0.1) is 6.61 Å². The molecular weight excluding hydrogens is 407 g/mol. The van der Waals surface area contributed by atoms with E-state index in [1.54, 1.807) is 0 Å². The number of hydrogen-bond acceptors (Lipinski definition) is 4. The standard InChI is InChI=1S/C22H27FN2O4S/c1-2-15-29-19-9-7-17(8-10-19)16-24-22(26)18-11-13-25(14-12-18)30(27,28)21-6-4-3-5-20(21)23/h3-10,18H,2,11-16H2,1H3,(H,24,26). The van der Waals surface area contributed by atoms with Crippen molar-refractivity contribution in [2.45, 2.75) is 37.6 Å². The molecule has 0 radical (unpaired) electrons. The van der Waals surface area contributed by atoms with Crippen molar-refractivity contribution < 1.29 is 22.3 Å². The average Bonchev–Trinajstić information content (AvgIpc) is 2.77. The molecule has 0 saturated carbocycles. The van der Waals surface area contributed by atoms with Gasteiger partial charge in [-0.15, -0.1) is 0 Å². The fourth-order valence-corrected chi connectivity index (χ4v) is 4.94. The molecule has 3 rings (SSSR count). The topological polar surface area (TPSA) is 75.7 Å². The minimum Gasteiger partial charge on any atom is -0.494 e. The number of carbonyl (C=O) groups is 1. The number of hydrogen-bond donors (Lipinski definition) is 1. The molecule has 6 nitrogen and oxygen atoms in total. The fourth-order valence-electron chi connectivity index (χ4n) is 3.41. The second-order valence-electron chi connectivity index (χ2n) is 7.32. The van der Waals surface area contributed by atoms with E-state index < -0.39 is 15.8 Å². The first kappa shape index (κ1) is 22.2. The summed E-state index contributed by atoms with van der Waals surface area (Å²) in [6.45, 7) is 3.50. The Hall–Kier alpha value is -2.45. The summed E-state index contributed by atoms with van der Waals surface area (Å²) < 4.78 is 46.0. The number of rotatable bonds is 8. The van der Waals surface area contributed by atoms with Gasteiger partial charge in [0.2, 0.25) is 15.9 Å². The predicted molar refractivity (Wildman–Crippen MR) is 112 cm³/mol. The van der Waals surface area contributed by atoms with Crippen LogP contribution in [-0.4, -0.2) is 38.3 Å². The molecule has 1 aliphatic rings. The smallest absolute Gasteiger partial charge is 0.245 e. The van der Waals surface area contributed by atoms with E-state index in [0.717, 1.165) is 23.8 Å². The highest BCUT2D eigenvalue weighted by molar-refractivity contribution is 7.89. The highest BCUT2D eigenvalue weighted by atomic mass is 32.2. The lowest BCUT2D eigenvalue weighted by molar-refractivity contribution is -0.126. The maximum absolute atomic E-state index is 13.9. The van der Waals surface area contributed by atoms with E-state index in [4.69, 9.17) is 4.74 Å². The van der Waals surface area contributed by atoms with E-state index in [2.05, 4.69) is 5.32 Å². The number of carbonyl (C=O) groups excluding carboxylic acids is 1. The van der Waals surface area contributed by atoms with E-state index in [1.807, 2.05) is 31.2 Å². The molecule has 2 aromatic rings. The van der Waals surface area contributed by atoms with Gasteiger partial charge in [0.1, 0.15) is 16.5 Å². The molecule has 1 fully saturated rings. The highest BCUT2D eigenvalue weighted by Crippen LogP contribution is 2.25. The summed E-state index contributed by atoms with van der Waals surface area (Å²) in [5, 5.41) is 2.92. The molecule has 0 spiro atoms. The lowest BCUT2D eigenvalue weighted by Gasteiger charge is -2.30. The lowest BCUT2D eigenvalue weighted by atomic mass is 9.97. The summed E-state index contributed by atoms with van der Waals surface area (Å²) in [5.74, 6) is -0.313. The van der Waals surface area contributed by atoms with Crippen molar-refractivity contribution in [3.63, 3.8) is 0 Å². The summed E-state index contributed by atoms with van der Waals surface area (Å²) in [4.78, 5) is 12.2. The second-order valence-corrected chi connectivity index (χ2v) is 9.23. The van der Waals surface area contributed by atoms with Crippen LogP contribution in [0.3, 0.4) is 0 Å². The lowest BCUT2D eigenvalue weighted by Crippen LogP contribution is -2.43. The van der Waals surface area contributed by atoms with E-state index >= 15 is 0 Å². The molecule has 0 aromatic heterocycles. The number of nitrogens with zero attached hydrogens (tertiary/aromatic N) is 1. The van der Waals surface area contributed by atoms with Crippen molar-refractivity contribution >= 4 is 15.9 Å². The molecule has 0 aliphatic carbocycles. The summed E-state index contributed by atoms with van der Waals surface area (Å²) in [7, 11) is -3.89. The molecule has 2 aromatic carbocycles. The Morgan fingerprint density at radius 2 is 1.80 bits per heavy atom. The number of nitrogens with one attached hydrogen (secondary N) is 1. The Kier molecular flexibility index (Phi) is 7.44. The van der Waals surface area contributed by atoms with Crippen LogP contribution in [0.15, 0.2) is 53.4 Å². The van der Waals surface area contributed by atoms with Crippen molar-refractivity contribution in [2.75, 3.05) is 19.7 Å². The van der Waals surface area contributed by atoms with Crippen LogP contribution in [0.5, 0.6) is 5.75 Å². The number of piperidine rings is 1. The first-order chi connectivity index (χ1) is 14.4. The number of sulfonamides is 1. The van der Waals surface area contributed by atoms with Crippen molar-refractivity contribution in [1.29, 1.82) is 0 Å². The van der Waals surface area contributed by atoms with Gasteiger partial charge in [-0.3, -0.25) is 4.79 Å². The van der Waals surface area contributed by atoms with Gasteiger partial charge in [-0.2, -0.15) is 4.31 Å². The molecular formula is C22H27FN2O4S. The Balaban J connectivity index is 1.50. The van der Waals surface area contributed by atoms with Crippen LogP contribution in [0.1, 0.15) is 31.7 Å². The molecule has 1 heterocycles. The van der Waals surface area contributed by atoms with Crippen LogP contribution in [0.2, 0.25) is 0 Å². The van der Waals surface area contributed by atoms with Crippen LogP contribution >= 0.6 is 0 Å². The quantitative estimate of drug-likeness (QED) is 0.692. The molecule has 30 heavy (non-hydrogen) atoms. The maximum Gasteiger partial charge on any atom is 0.245 e. The third-order valence-electron chi connectivity index (χ3n) is 5.14. The van der Waals surface area contributed by atoms with E-state index in [9.17, 15) is 17.6 Å². The van der Waals surface area contributed by atoms with Gasteiger partial charge in [0, 0.05) is 25.6 Å². The van der Waals surface area contributed by atoms with Crippen LogP contribution < -0.4 is 10.1 Å². The molecule has 1 aliphatic heterocycles. The van der Waals surface area contributed by atoms with Gasteiger partial charge < -0.3 is 10.1 Å². The fraction of sp³-hybridized carbons (Fsp3) is 0.409. The molecule has 0 unspecified atom stereocenters. The normalized spacial score (nSPS) is 15.7. The molecule has 0 atom stereocenters. The number of amides is 1. The largest absolute Gasteiger partial charge is 0.494 e. The molecule has 162 valence electrons. The third-order valence-corrected chi connectivity index (χ3v) is 7.07. The van der Waals surface area contributed by atoms with Gasteiger partial charge in [0.15, 0.2) is 0 Å². The van der Waals surface area contributed by atoms with E-state index in [-0.39, 0.29) is 29.8 Å². The minimum absolute atomic E-state index is 0.0933.